The second-order valence-electron chi connectivity index (χ2n) is 5.24. The number of nitrogens with zero attached hydrogens (tertiary/aromatic N) is 2. The Morgan fingerprint density at radius 1 is 1.59 bits per heavy atom. The van der Waals surface area contributed by atoms with E-state index in [1.54, 1.807) is 0 Å². The number of hydrogen-bond acceptors (Lipinski definition) is 4. The average molecular weight is 239 g/mol. The van der Waals surface area contributed by atoms with Crippen molar-refractivity contribution < 1.29 is 4.74 Å². The normalized spacial score (nSPS) is 28.9. The second kappa shape index (κ2) is 6.34. The predicted molar refractivity (Wildman–Crippen MR) is 68.8 cm³/mol. The van der Waals surface area contributed by atoms with E-state index < -0.39 is 0 Å². The first-order chi connectivity index (χ1) is 8.03. The molecule has 2 atom stereocenters. The molecule has 0 spiro atoms. The molecule has 1 fully saturated rings. The molecule has 0 aromatic carbocycles. The lowest BCUT2D eigenvalue weighted by atomic mass is 10.00. The molecular formula is C13H25N3O. The van der Waals surface area contributed by atoms with Gasteiger partial charge in [-0.05, 0) is 47.2 Å². The maximum Gasteiger partial charge on any atom is 0.108 e. The summed E-state index contributed by atoms with van der Waals surface area (Å²) in [6.07, 6.45) is 3.24. The van der Waals surface area contributed by atoms with Crippen LogP contribution in [0.2, 0.25) is 0 Å². The maximum atomic E-state index is 9.21. The summed E-state index contributed by atoms with van der Waals surface area (Å²) in [7, 11) is 4.00. The van der Waals surface area contributed by atoms with E-state index in [2.05, 4.69) is 37.2 Å². The predicted octanol–water partition coefficient (Wildman–Crippen LogP) is 1.38. The monoisotopic (exact) mass is 239 g/mol. The zero-order valence-electron chi connectivity index (χ0n) is 11.5. The van der Waals surface area contributed by atoms with E-state index in [1.807, 2.05) is 7.05 Å². The molecule has 0 radical (unpaired) electrons. The van der Waals surface area contributed by atoms with Crippen molar-refractivity contribution in [3.05, 3.63) is 0 Å². The molecule has 0 aliphatic heterocycles. The molecule has 4 heteroatoms. The van der Waals surface area contributed by atoms with E-state index in [-0.39, 0.29) is 5.54 Å². The van der Waals surface area contributed by atoms with Crippen LogP contribution in [0.25, 0.3) is 0 Å². The molecule has 1 aliphatic rings. The highest BCUT2D eigenvalue weighted by molar-refractivity contribution is 5.12. The summed E-state index contributed by atoms with van der Waals surface area (Å²) in [6, 6.07) is 2.92. The smallest absolute Gasteiger partial charge is 0.108 e. The van der Waals surface area contributed by atoms with Gasteiger partial charge in [-0.15, -0.1) is 0 Å². The molecule has 0 heterocycles. The summed E-state index contributed by atoms with van der Waals surface area (Å²) in [4.78, 5) is 2.32. The molecule has 17 heavy (non-hydrogen) atoms. The van der Waals surface area contributed by atoms with Gasteiger partial charge in [0.15, 0.2) is 0 Å². The fraction of sp³-hybridized carbons (Fsp3) is 0.923. The summed E-state index contributed by atoms with van der Waals surface area (Å²) in [5.41, 5.74) is -0.308. The number of likely N-dealkylation sites (N-methyl/N-ethyl adjacent to an activating group) is 1. The van der Waals surface area contributed by atoms with Crippen molar-refractivity contribution in [2.24, 2.45) is 0 Å². The molecule has 2 unspecified atom stereocenters. The van der Waals surface area contributed by atoms with Crippen LogP contribution in [0, 0.1) is 11.3 Å². The third kappa shape index (κ3) is 3.95. The van der Waals surface area contributed by atoms with Crippen LogP contribution in [0.1, 0.15) is 33.1 Å². The number of nitrogens with one attached hydrogen (secondary N) is 1. The number of hydrogen-bond donors (Lipinski definition) is 1. The molecule has 0 aromatic heterocycles. The van der Waals surface area contributed by atoms with Gasteiger partial charge in [-0.3, -0.25) is 0 Å². The lowest BCUT2D eigenvalue weighted by Gasteiger charge is -2.26. The molecule has 4 nitrogen and oxygen atoms in total. The van der Waals surface area contributed by atoms with E-state index in [0.29, 0.717) is 12.1 Å². The first kappa shape index (κ1) is 14.4. The fourth-order valence-corrected chi connectivity index (χ4v) is 2.40. The summed E-state index contributed by atoms with van der Waals surface area (Å²) < 4.78 is 5.55. The summed E-state index contributed by atoms with van der Waals surface area (Å²) in [5.74, 6) is 0. The highest BCUT2D eigenvalue weighted by Crippen LogP contribution is 2.31. The van der Waals surface area contributed by atoms with Crippen molar-refractivity contribution >= 4 is 0 Å². The van der Waals surface area contributed by atoms with Crippen molar-refractivity contribution in [2.45, 2.75) is 50.8 Å². The van der Waals surface area contributed by atoms with E-state index >= 15 is 0 Å². The summed E-state index contributed by atoms with van der Waals surface area (Å²) >= 11 is 0. The van der Waals surface area contributed by atoms with Crippen LogP contribution in [0.4, 0.5) is 0 Å². The Bertz CT molecular complexity index is 274. The molecule has 0 saturated heterocycles. The fourth-order valence-electron chi connectivity index (χ4n) is 2.40. The zero-order chi connectivity index (χ0) is 12.9. The summed E-state index contributed by atoms with van der Waals surface area (Å²) in [5, 5.41) is 12.4. The van der Waals surface area contributed by atoms with Crippen LogP contribution >= 0.6 is 0 Å². The Kier molecular flexibility index (Phi) is 5.38. The molecule has 98 valence electrons. The van der Waals surface area contributed by atoms with Crippen molar-refractivity contribution in [2.75, 3.05) is 27.2 Å². The minimum absolute atomic E-state index is 0.294. The topological polar surface area (TPSA) is 48.3 Å². The van der Waals surface area contributed by atoms with Crippen molar-refractivity contribution in [3.8, 4) is 6.07 Å². The van der Waals surface area contributed by atoms with E-state index in [1.165, 1.54) is 0 Å². The Hall–Kier alpha value is -0.630. The SMILES string of the molecule is CNC1(C#N)CCC(N(C)CCOC(C)C)C1. The molecule has 1 saturated carbocycles. The van der Waals surface area contributed by atoms with Gasteiger partial charge in [0.2, 0.25) is 0 Å². The number of nitriles is 1. The van der Waals surface area contributed by atoms with Crippen molar-refractivity contribution in [1.29, 1.82) is 5.26 Å². The Balaban J connectivity index is 2.35. The highest BCUT2D eigenvalue weighted by atomic mass is 16.5. The summed E-state index contributed by atoms with van der Waals surface area (Å²) in [6.45, 7) is 5.81. The van der Waals surface area contributed by atoms with E-state index in [9.17, 15) is 5.26 Å². The Labute approximate surface area is 105 Å². The third-order valence-electron chi connectivity index (χ3n) is 3.70. The number of ether oxygens (including phenoxy) is 1. The molecule has 0 amide bonds. The van der Waals surface area contributed by atoms with Gasteiger partial charge in [0.05, 0.1) is 18.8 Å². The van der Waals surface area contributed by atoms with Gasteiger partial charge in [0, 0.05) is 12.6 Å². The first-order valence-electron chi connectivity index (χ1n) is 6.45. The molecule has 1 aliphatic carbocycles. The van der Waals surface area contributed by atoms with Crippen LogP contribution in [0.5, 0.6) is 0 Å². The molecule has 1 rings (SSSR count). The first-order valence-corrected chi connectivity index (χ1v) is 6.45. The minimum atomic E-state index is -0.308. The quantitative estimate of drug-likeness (QED) is 0.760. The van der Waals surface area contributed by atoms with Gasteiger partial charge in [-0.2, -0.15) is 5.26 Å². The second-order valence-corrected chi connectivity index (χ2v) is 5.24. The van der Waals surface area contributed by atoms with E-state index in [0.717, 1.165) is 32.4 Å². The third-order valence-corrected chi connectivity index (χ3v) is 3.70. The Morgan fingerprint density at radius 2 is 2.29 bits per heavy atom. The van der Waals surface area contributed by atoms with Gasteiger partial charge in [-0.25, -0.2) is 0 Å². The number of rotatable bonds is 6. The van der Waals surface area contributed by atoms with Crippen molar-refractivity contribution in [1.82, 2.24) is 10.2 Å². The van der Waals surface area contributed by atoms with Crippen LogP contribution in [-0.2, 0) is 4.74 Å². The van der Waals surface area contributed by atoms with Crippen LogP contribution < -0.4 is 5.32 Å². The lowest BCUT2D eigenvalue weighted by Crippen LogP contribution is -2.41. The average Bonchev–Trinajstić information content (AvgIpc) is 2.73. The molecule has 0 aromatic rings. The molecule has 1 N–H and O–H groups in total. The van der Waals surface area contributed by atoms with Gasteiger partial charge in [-0.1, -0.05) is 0 Å². The maximum absolute atomic E-state index is 9.21. The van der Waals surface area contributed by atoms with Crippen molar-refractivity contribution in [3.63, 3.8) is 0 Å². The van der Waals surface area contributed by atoms with Crippen LogP contribution in [-0.4, -0.2) is 49.8 Å². The van der Waals surface area contributed by atoms with Crippen LogP contribution in [0.3, 0.4) is 0 Å². The Morgan fingerprint density at radius 3 is 2.76 bits per heavy atom. The molecular weight excluding hydrogens is 214 g/mol. The van der Waals surface area contributed by atoms with Crippen LogP contribution in [0.15, 0.2) is 0 Å². The lowest BCUT2D eigenvalue weighted by molar-refractivity contribution is 0.0559. The molecule has 0 bridgehead atoms. The van der Waals surface area contributed by atoms with Gasteiger partial charge >= 0.3 is 0 Å². The standard InChI is InChI=1S/C13H25N3O/c1-11(2)17-8-7-16(4)12-5-6-13(9-12,10-14)15-3/h11-12,15H,5-9H2,1-4H3. The zero-order valence-corrected chi connectivity index (χ0v) is 11.5. The van der Waals surface area contributed by atoms with Gasteiger partial charge < -0.3 is 15.0 Å². The largest absolute Gasteiger partial charge is 0.377 e. The minimum Gasteiger partial charge on any atom is -0.377 e. The van der Waals surface area contributed by atoms with E-state index in [4.69, 9.17) is 4.74 Å². The van der Waals surface area contributed by atoms with Gasteiger partial charge in [0.25, 0.3) is 0 Å². The van der Waals surface area contributed by atoms with Gasteiger partial charge in [0.1, 0.15) is 5.54 Å². The highest BCUT2D eigenvalue weighted by Gasteiger charge is 2.39.